The van der Waals surface area contributed by atoms with Crippen LogP contribution in [0, 0.1) is 0 Å². The number of rotatable bonds is 6. The quantitative estimate of drug-likeness (QED) is 0.626. The Bertz CT molecular complexity index is 1000. The second-order valence-corrected chi connectivity index (χ2v) is 6.97. The predicted octanol–water partition coefficient (Wildman–Crippen LogP) is 5.27. The van der Waals surface area contributed by atoms with Gasteiger partial charge in [0.2, 0.25) is 0 Å². The van der Waals surface area contributed by atoms with Crippen molar-refractivity contribution in [2.24, 2.45) is 0 Å². The van der Waals surface area contributed by atoms with Crippen molar-refractivity contribution >= 4 is 11.5 Å². The van der Waals surface area contributed by atoms with Gasteiger partial charge in [0.05, 0.1) is 0 Å². The highest BCUT2D eigenvalue weighted by molar-refractivity contribution is 5.92. The summed E-state index contributed by atoms with van der Waals surface area (Å²) in [4.78, 5) is 12.6. The molecule has 0 spiro atoms. The third kappa shape index (κ3) is 4.51. The minimum Gasteiger partial charge on any atom is -0.356 e. The first kappa shape index (κ1) is 18.9. The third-order valence-electron chi connectivity index (χ3n) is 5.03. The number of aromatic nitrogens is 1. The van der Waals surface area contributed by atoms with Crippen LogP contribution < -0.4 is 5.32 Å². The summed E-state index contributed by atoms with van der Waals surface area (Å²) in [6.45, 7) is 0.436. The van der Waals surface area contributed by atoms with E-state index in [1.54, 1.807) is 12.1 Å². The third-order valence-corrected chi connectivity index (χ3v) is 5.03. The lowest BCUT2D eigenvalue weighted by atomic mass is 9.91. The van der Waals surface area contributed by atoms with Crippen LogP contribution in [0.15, 0.2) is 89.2 Å². The Kier molecular flexibility index (Phi) is 5.66. The van der Waals surface area contributed by atoms with E-state index in [-0.39, 0.29) is 23.3 Å². The molecule has 0 saturated heterocycles. The van der Waals surface area contributed by atoms with E-state index in [9.17, 15) is 9.18 Å². The molecule has 0 unspecified atom stereocenters. The molecule has 1 N–H and O–H groups in total. The van der Waals surface area contributed by atoms with Crippen LogP contribution >= 0.6 is 0 Å². The first-order valence-electron chi connectivity index (χ1n) is 9.61. The monoisotopic (exact) mass is 388 g/mol. The number of hydrogen-bond acceptors (Lipinski definition) is 3. The van der Waals surface area contributed by atoms with Crippen LogP contribution in [-0.4, -0.2) is 17.6 Å². The Hall–Kier alpha value is -3.47. The van der Waals surface area contributed by atoms with Gasteiger partial charge in [-0.05, 0) is 29.2 Å². The smallest absolute Gasteiger partial charge is 0.273 e. The van der Waals surface area contributed by atoms with E-state index in [1.165, 1.54) is 6.08 Å². The first-order valence-corrected chi connectivity index (χ1v) is 9.61. The molecule has 1 aliphatic rings. The molecule has 0 saturated carbocycles. The van der Waals surface area contributed by atoms with Crippen LogP contribution in [0.25, 0.3) is 5.57 Å². The Morgan fingerprint density at radius 2 is 1.66 bits per heavy atom. The molecule has 1 aromatic heterocycles. The van der Waals surface area contributed by atoms with E-state index in [2.05, 4.69) is 34.7 Å². The lowest BCUT2D eigenvalue weighted by Gasteiger charge is -2.18. The molecule has 5 heteroatoms. The zero-order valence-electron chi connectivity index (χ0n) is 15.8. The highest BCUT2D eigenvalue weighted by atomic mass is 19.1. The van der Waals surface area contributed by atoms with Gasteiger partial charge in [-0.2, -0.15) is 0 Å². The number of amides is 1. The van der Waals surface area contributed by atoms with Crippen molar-refractivity contribution in [2.45, 2.75) is 18.8 Å². The van der Waals surface area contributed by atoms with Gasteiger partial charge < -0.3 is 9.84 Å². The van der Waals surface area contributed by atoms with Crippen LogP contribution in [-0.2, 0) is 0 Å². The number of halogens is 1. The van der Waals surface area contributed by atoms with Gasteiger partial charge in [-0.3, -0.25) is 4.79 Å². The standard InChI is InChI=1S/C24H21FN2O2/c25-20-13-11-19(12-14-20)23-15-22(27-29-23)24(28)26-16-21(17-7-3-1-4-8-17)18-9-5-2-6-10-18/h1-11,13,15,21H,12,14,16H2,(H,26,28). The number of carbonyl (C=O) groups is 1. The van der Waals surface area contributed by atoms with Crippen LogP contribution in [0.2, 0.25) is 0 Å². The first-order chi connectivity index (χ1) is 14.2. The van der Waals surface area contributed by atoms with Crippen molar-refractivity contribution in [1.29, 1.82) is 0 Å². The number of nitrogens with zero attached hydrogens (tertiary/aromatic N) is 1. The molecule has 1 amide bonds. The highest BCUT2D eigenvalue weighted by Gasteiger charge is 2.19. The SMILES string of the molecule is O=C(NCC(c1ccccc1)c1ccccc1)c1cc(C2=CC=C(F)CC2)on1. The molecule has 0 radical (unpaired) electrons. The Morgan fingerprint density at radius 3 is 2.24 bits per heavy atom. The van der Waals surface area contributed by atoms with Crippen LogP contribution in [0.3, 0.4) is 0 Å². The summed E-state index contributed by atoms with van der Waals surface area (Å²) in [7, 11) is 0. The van der Waals surface area contributed by atoms with E-state index in [4.69, 9.17) is 4.52 Å². The summed E-state index contributed by atoms with van der Waals surface area (Å²) in [6.07, 6.45) is 3.96. The van der Waals surface area contributed by atoms with Gasteiger partial charge in [0, 0.05) is 24.9 Å². The summed E-state index contributed by atoms with van der Waals surface area (Å²) in [5, 5.41) is 6.86. The molecule has 1 heterocycles. The van der Waals surface area contributed by atoms with Crippen LogP contribution in [0.5, 0.6) is 0 Å². The van der Waals surface area contributed by atoms with Gasteiger partial charge in [-0.25, -0.2) is 4.39 Å². The number of nitrogens with one attached hydrogen (secondary N) is 1. The van der Waals surface area contributed by atoms with Gasteiger partial charge in [-0.15, -0.1) is 0 Å². The maximum atomic E-state index is 13.2. The van der Waals surface area contributed by atoms with Crippen molar-refractivity contribution in [1.82, 2.24) is 10.5 Å². The fourth-order valence-electron chi connectivity index (χ4n) is 3.43. The Morgan fingerprint density at radius 1 is 1.00 bits per heavy atom. The number of carbonyl (C=O) groups excluding carboxylic acids is 1. The van der Waals surface area contributed by atoms with E-state index in [0.717, 1.165) is 16.7 Å². The largest absolute Gasteiger partial charge is 0.356 e. The topological polar surface area (TPSA) is 55.1 Å². The maximum Gasteiger partial charge on any atom is 0.273 e. The van der Waals surface area contributed by atoms with E-state index >= 15 is 0 Å². The average Bonchev–Trinajstić information content (AvgIpc) is 3.26. The second-order valence-electron chi connectivity index (χ2n) is 6.97. The van der Waals surface area contributed by atoms with E-state index < -0.39 is 0 Å². The van der Waals surface area contributed by atoms with Gasteiger partial charge in [0.1, 0.15) is 5.83 Å². The zero-order chi connectivity index (χ0) is 20.1. The normalized spacial score (nSPS) is 13.7. The molecule has 4 rings (SSSR count). The van der Waals surface area contributed by atoms with Crippen molar-refractivity contribution in [3.05, 3.63) is 107 Å². The summed E-state index contributed by atoms with van der Waals surface area (Å²) in [6, 6.07) is 21.8. The Balaban J connectivity index is 1.48. The average molecular weight is 388 g/mol. The van der Waals surface area contributed by atoms with Crippen molar-refractivity contribution in [3.8, 4) is 0 Å². The maximum absolute atomic E-state index is 13.2. The van der Waals surface area contributed by atoms with Crippen LogP contribution in [0.1, 0.15) is 46.1 Å². The van der Waals surface area contributed by atoms with E-state index in [1.807, 2.05) is 36.4 Å². The molecule has 2 aromatic carbocycles. The molecular weight excluding hydrogens is 367 g/mol. The van der Waals surface area contributed by atoms with Crippen molar-refractivity contribution < 1.29 is 13.7 Å². The minimum atomic E-state index is -0.296. The number of hydrogen-bond donors (Lipinski definition) is 1. The molecule has 0 bridgehead atoms. The van der Waals surface area contributed by atoms with Gasteiger partial charge in [0.25, 0.3) is 5.91 Å². The number of benzene rings is 2. The Labute approximate surface area is 168 Å². The zero-order valence-corrected chi connectivity index (χ0v) is 15.8. The fraction of sp³-hybridized carbons (Fsp3) is 0.167. The van der Waals surface area contributed by atoms with Gasteiger partial charge in [-0.1, -0.05) is 71.9 Å². The summed E-state index contributed by atoms with van der Waals surface area (Å²) >= 11 is 0. The molecule has 4 nitrogen and oxygen atoms in total. The van der Waals surface area contributed by atoms with Crippen LogP contribution in [0.4, 0.5) is 4.39 Å². The van der Waals surface area contributed by atoms with Gasteiger partial charge in [0.15, 0.2) is 11.5 Å². The highest BCUT2D eigenvalue weighted by Crippen LogP contribution is 2.28. The predicted molar refractivity (Wildman–Crippen MR) is 110 cm³/mol. The molecular formula is C24H21FN2O2. The summed E-state index contributed by atoms with van der Waals surface area (Å²) in [5.41, 5.74) is 3.31. The van der Waals surface area contributed by atoms with Gasteiger partial charge >= 0.3 is 0 Å². The molecule has 29 heavy (non-hydrogen) atoms. The molecule has 1 aliphatic carbocycles. The lowest BCUT2D eigenvalue weighted by molar-refractivity contribution is 0.0943. The lowest BCUT2D eigenvalue weighted by Crippen LogP contribution is -2.29. The van der Waals surface area contributed by atoms with E-state index in [0.29, 0.717) is 25.1 Å². The number of allylic oxidation sites excluding steroid dienone is 4. The molecule has 0 aliphatic heterocycles. The molecule has 146 valence electrons. The molecule has 3 aromatic rings. The van der Waals surface area contributed by atoms with Crippen molar-refractivity contribution in [3.63, 3.8) is 0 Å². The summed E-state index contributed by atoms with van der Waals surface area (Å²) < 4.78 is 18.5. The molecule has 0 atom stereocenters. The van der Waals surface area contributed by atoms with Crippen molar-refractivity contribution in [2.75, 3.05) is 6.54 Å². The fourth-order valence-corrected chi connectivity index (χ4v) is 3.43. The second kappa shape index (κ2) is 8.69. The minimum absolute atomic E-state index is 0.0295. The molecule has 0 fully saturated rings. The summed E-state index contributed by atoms with van der Waals surface area (Å²) in [5.74, 6) is 0.0811.